The van der Waals surface area contributed by atoms with Crippen molar-refractivity contribution in [3.8, 4) is 12.3 Å². The Morgan fingerprint density at radius 1 is 1.62 bits per heavy atom. The molecule has 0 aliphatic heterocycles. The Hall–Kier alpha value is -1.82. The minimum atomic E-state index is 0.544. The van der Waals surface area contributed by atoms with Gasteiger partial charge in [0.25, 0.3) is 0 Å². The second-order valence-corrected chi connectivity index (χ2v) is 3.65. The van der Waals surface area contributed by atoms with Gasteiger partial charge in [0.05, 0.1) is 6.54 Å². The van der Waals surface area contributed by atoms with Gasteiger partial charge in [0.2, 0.25) is 0 Å². The number of aromatic nitrogens is 1. The van der Waals surface area contributed by atoms with E-state index in [4.69, 9.17) is 6.42 Å². The van der Waals surface area contributed by atoms with Gasteiger partial charge in [-0.05, 0) is 25.0 Å². The van der Waals surface area contributed by atoms with Crippen LogP contribution < -0.4 is 4.90 Å². The van der Waals surface area contributed by atoms with E-state index in [2.05, 4.69) is 17.8 Å². The number of anilines is 1. The second-order valence-electron chi connectivity index (χ2n) is 3.65. The Kier molecular flexibility index (Phi) is 4.53. The van der Waals surface area contributed by atoms with Crippen LogP contribution in [0, 0.1) is 19.3 Å². The fourth-order valence-electron chi connectivity index (χ4n) is 1.62. The number of terminal acetylenes is 1. The van der Waals surface area contributed by atoms with Crippen LogP contribution in [0.3, 0.4) is 0 Å². The average molecular weight is 216 g/mol. The summed E-state index contributed by atoms with van der Waals surface area (Å²) >= 11 is 0. The van der Waals surface area contributed by atoms with Crippen LogP contribution >= 0.6 is 0 Å². The predicted molar refractivity (Wildman–Crippen MR) is 65.7 cm³/mol. The zero-order valence-electron chi connectivity index (χ0n) is 9.73. The van der Waals surface area contributed by atoms with Gasteiger partial charge in [-0.2, -0.15) is 0 Å². The molecule has 0 aliphatic carbocycles. The molecule has 0 saturated carbocycles. The van der Waals surface area contributed by atoms with Crippen LogP contribution in [0.25, 0.3) is 0 Å². The summed E-state index contributed by atoms with van der Waals surface area (Å²) in [5.41, 5.74) is 1.58. The SMILES string of the molecule is C#CCN(CCC)c1ncc(C=O)cc1C. The van der Waals surface area contributed by atoms with Crippen LogP contribution in [0.15, 0.2) is 12.3 Å². The van der Waals surface area contributed by atoms with Crippen LogP contribution in [0.5, 0.6) is 0 Å². The highest BCUT2D eigenvalue weighted by atomic mass is 16.1. The largest absolute Gasteiger partial charge is 0.345 e. The molecule has 0 amide bonds. The number of hydrogen-bond donors (Lipinski definition) is 0. The lowest BCUT2D eigenvalue weighted by Crippen LogP contribution is -2.26. The first-order chi connectivity index (χ1) is 7.72. The molecule has 0 aromatic carbocycles. The van der Waals surface area contributed by atoms with E-state index in [9.17, 15) is 4.79 Å². The number of hydrogen-bond acceptors (Lipinski definition) is 3. The van der Waals surface area contributed by atoms with Crippen LogP contribution in [-0.2, 0) is 0 Å². The molecule has 16 heavy (non-hydrogen) atoms. The Balaban J connectivity index is 3.00. The van der Waals surface area contributed by atoms with E-state index in [1.807, 2.05) is 17.9 Å². The molecule has 1 rings (SSSR count). The Bertz CT molecular complexity index is 407. The highest BCUT2D eigenvalue weighted by molar-refractivity contribution is 5.75. The van der Waals surface area contributed by atoms with Crippen molar-refractivity contribution in [2.75, 3.05) is 18.0 Å². The van der Waals surface area contributed by atoms with E-state index in [0.717, 1.165) is 30.6 Å². The van der Waals surface area contributed by atoms with Crippen LogP contribution in [0.2, 0.25) is 0 Å². The normalized spacial score (nSPS) is 9.56. The summed E-state index contributed by atoms with van der Waals surface area (Å²) in [5.74, 6) is 3.49. The lowest BCUT2D eigenvalue weighted by Gasteiger charge is -2.22. The summed E-state index contributed by atoms with van der Waals surface area (Å²) in [6, 6.07) is 1.83. The number of nitrogens with zero attached hydrogens (tertiary/aromatic N) is 2. The molecule has 0 bridgehead atoms. The number of rotatable bonds is 5. The van der Waals surface area contributed by atoms with E-state index in [0.29, 0.717) is 12.1 Å². The quantitative estimate of drug-likeness (QED) is 0.558. The number of carbonyl (C=O) groups is 1. The fraction of sp³-hybridized carbons (Fsp3) is 0.385. The van der Waals surface area contributed by atoms with Crippen molar-refractivity contribution in [3.63, 3.8) is 0 Å². The van der Waals surface area contributed by atoms with Crippen molar-refractivity contribution in [3.05, 3.63) is 23.4 Å². The molecule has 0 aliphatic rings. The summed E-state index contributed by atoms with van der Waals surface area (Å²) in [4.78, 5) is 16.9. The maximum Gasteiger partial charge on any atom is 0.151 e. The van der Waals surface area contributed by atoms with E-state index in [1.54, 1.807) is 6.20 Å². The molecule has 0 saturated heterocycles. The Morgan fingerprint density at radius 3 is 2.88 bits per heavy atom. The highest BCUT2D eigenvalue weighted by Crippen LogP contribution is 2.17. The molecule has 1 heterocycles. The first-order valence-corrected chi connectivity index (χ1v) is 5.33. The van der Waals surface area contributed by atoms with Gasteiger partial charge in [-0.3, -0.25) is 4.79 Å². The molecule has 0 spiro atoms. The highest BCUT2D eigenvalue weighted by Gasteiger charge is 2.09. The van der Waals surface area contributed by atoms with Crippen molar-refractivity contribution in [1.29, 1.82) is 0 Å². The minimum Gasteiger partial charge on any atom is -0.345 e. The van der Waals surface area contributed by atoms with Gasteiger partial charge in [-0.25, -0.2) is 4.98 Å². The molecular formula is C13H16N2O. The zero-order valence-corrected chi connectivity index (χ0v) is 9.73. The third-order valence-electron chi connectivity index (χ3n) is 2.28. The van der Waals surface area contributed by atoms with Gasteiger partial charge in [0, 0.05) is 18.3 Å². The second kappa shape index (κ2) is 5.92. The molecule has 3 nitrogen and oxygen atoms in total. The van der Waals surface area contributed by atoms with Gasteiger partial charge in [0.15, 0.2) is 6.29 Å². The van der Waals surface area contributed by atoms with Crippen LogP contribution in [0.1, 0.15) is 29.3 Å². The smallest absolute Gasteiger partial charge is 0.151 e. The Morgan fingerprint density at radius 2 is 2.38 bits per heavy atom. The van der Waals surface area contributed by atoms with Gasteiger partial charge >= 0.3 is 0 Å². The molecule has 1 aromatic heterocycles. The topological polar surface area (TPSA) is 33.2 Å². The van der Waals surface area contributed by atoms with Crippen LogP contribution in [-0.4, -0.2) is 24.4 Å². The number of carbonyl (C=O) groups excluding carboxylic acids is 1. The molecule has 3 heteroatoms. The predicted octanol–water partition coefficient (Wildman–Crippen LogP) is 2.05. The Labute approximate surface area is 96.5 Å². The number of aryl methyl sites for hydroxylation is 1. The molecule has 0 unspecified atom stereocenters. The summed E-state index contributed by atoms with van der Waals surface area (Å²) in [6.45, 7) is 5.45. The van der Waals surface area contributed by atoms with E-state index < -0.39 is 0 Å². The van der Waals surface area contributed by atoms with Gasteiger partial charge in [0.1, 0.15) is 5.82 Å². The lowest BCUT2D eigenvalue weighted by molar-refractivity contribution is 0.112. The molecule has 0 atom stereocenters. The van der Waals surface area contributed by atoms with E-state index in [-0.39, 0.29) is 0 Å². The van der Waals surface area contributed by atoms with Crippen molar-refractivity contribution in [1.82, 2.24) is 4.98 Å². The maximum absolute atomic E-state index is 10.6. The first kappa shape index (κ1) is 12.3. The minimum absolute atomic E-state index is 0.544. The third kappa shape index (κ3) is 2.83. The summed E-state index contributed by atoms with van der Waals surface area (Å²) in [7, 11) is 0. The van der Waals surface area contributed by atoms with Gasteiger partial charge < -0.3 is 4.90 Å². The molecular weight excluding hydrogens is 200 g/mol. The van der Waals surface area contributed by atoms with Gasteiger partial charge in [-0.1, -0.05) is 12.8 Å². The fourth-order valence-corrected chi connectivity index (χ4v) is 1.62. The van der Waals surface area contributed by atoms with Gasteiger partial charge in [-0.15, -0.1) is 6.42 Å². The molecule has 84 valence electrons. The van der Waals surface area contributed by atoms with Crippen molar-refractivity contribution >= 4 is 12.1 Å². The molecule has 0 radical (unpaired) electrons. The van der Waals surface area contributed by atoms with E-state index >= 15 is 0 Å². The van der Waals surface area contributed by atoms with Crippen molar-refractivity contribution in [2.45, 2.75) is 20.3 Å². The third-order valence-corrected chi connectivity index (χ3v) is 2.28. The summed E-state index contributed by atoms with van der Waals surface area (Å²) < 4.78 is 0. The summed E-state index contributed by atoms with van der Waals surface area (Å²) in [6.07, 6.45) is 8.72. The molecule has 0 fully saturated rings. The number of pyridine rings is 1. The molecule has 1 aromatic rings. The lowest BCUT2D eigenvalue weighted by atomic mass is 10.2. The van der Waals surface area contributed by atoms with Crippen molar-refractivity contribution < 1.29 is 4.79 Å². The van der Waals surface area contributed by atoms with Crippen molar-refractivity contribution in [2.24, 2.45) is 0 Å². The number of aldehydes is 1. The zero-order chi connectivity index (χ0) is 12.0. The summed E-state index contributed by atoms with van der Waals surface area (Å²) in [5, 5.41) is 0. The maximum atomic E-state index is 10.6. The molecule has 0 N–H and O–H groups in total. The average Bonchev–Trinajstić information content (AvgIpc) is 2.29. The van der Waals surface area contributed by atoms with Crippen LogP contribution in [0.4, 0.5) is 5.82 Å². The monoisotopic (exact) mass is 216 g/mol. The van der Waals surface area contributed by atoms with E-state index in [1.165, 1.54) is 0 Å². The standard InChI is InChI=1S/C13H16N2O/c1-4-6-15(7-5-2)13-11(3)8-12(10-16)9-14-13/h1,8-10H,5-7H2,2-3H3. The first-order valence-electron chi connectivity index (χ1n) is 5.33.